The number of hydrogen-bond acceptors (Lipinski definition) is 4. The molecule has 3 rings (SSSR count). The van der Waals surface area contributed by atoms with Gasteiger partial charge >= 0.3 is 0 Å². The van der Waals surface area contributed by atoms with E-state index >= 15 is 0 Å². The van der Waals surface area contributed by atoms with Crippen molar-refractivity contribution in [3.05, 3.63) is 65.5 Å². The number of phenolic OH excluding ortho intramolecular Hbond substituents is 1. The van der Waals surface area contributed by atoms with Crippen LogP contribution in [0, 0.1) is 5.82 Å². The highest BCUT2D eigenvalue weighted by Crippen LogP contribution is 2.21. The van der Waals surface area contributed by atoms with Crippen LogP contribution in [0.1, 0.15) is 22.3 Å². The zero-order valence-corrected chi connectivity index (χ0v) is 13.7. The van der Waals surface area contributed by atoms with Crippen LogP contribution in [0.5, 0.6) is 5.75 Å². The Morgan fingerprint density at radius 2 is 2.00 bits per heavy atom. The number of likely N-dealkylation sites (tertiary alicyclic amines) is 1. The smallest absolute Gasteiger partial charge is 0.255 e. The predicted molar refractivity (Wildman–Crippen MR) is 91.7 cm³/mol. The van der Waals surface area contributed by atoms with Crippen LogP contribution in [0.2, 0.25) is 0 Å². The quantitative estimate of drug-likeness (QED) is 0.775. The van der Waals surface area contributed by atoms with Crippen molar-refractivity contribution in [2.45, 2.75) is 25.1 Å². The number of aromatic hydroxyl groups is 1. The van der Waals surface area contributed by atoms with Gasteiger partial charge in [-0.05, 0) is 24.1 Å². The first-order valence-electron chi connectivity index (χ1n) is 8.25. The number of β-amino-alcohol motifs (C(OH)–C–C–N with tert-alkyl or cyclic N) is 1. The number of rotatable bonds is 5. The standard InChI is InChI=1S/C19H21FN2O3/c20-14-6-7-17(18(24)8-14)19(25)21-10-15-9-16(23)12-22(15)11-13-4-2-1-3-5-13/h1-8,15-16,23-24H,9-12H2,(H,21,25). The topological polar surface area (TPSA) is 72.8 Å². The SMILES string of the molecule is O=C(NCC1CC(O)CN1Cc1ccccc1)c1ccc(F)cc1O. The third-order valence-electron chi connectivity index (χ3n) is 4.44. The summed E-state index contributed by atoms with van der Waals surface area (Å²) in [4.78, 5) is 14.3. The van der Waals surface area contributed by atoms with Crippen LogP contribution < -0.4 is 5.32 Å². The van der Waals surface area contributed by atoms with E-state index in [2.05, 4.69) is 10.2 Å². The van der Waals surface area contributed by atoms with Crippen molar-refractivity contribution < 1.29 is 19.4 Å². The van der Waals surface area contributed by atoms with Gasteiger partial charge in [0, 0.05) is 31.7 Å². The van der Waals surface area contributed by atoms with E-state index in [0.29, 0.717) is 26.1 Å². The summed E-state index contributed by atoms with van der Waals surface area (Å²) < 4.78 is 13.0. The molecule has 3 N–H and O–H groups in total. The summed E-state index contributed by atoms with van der Waals surface area (Å²) >= 11 is 0. The fourth-order valence-electron chi connectivity index (χ4n) is 3.18. The van der Waals surface area contributed by atoms with E-state index in [-0.39, 0.29) is 17.4 Å². The van der Waals surface area contributed by atoms with Gasteiger partial charge in [0.25, 0.3) is 5.91 Å². The lowest BCUT2D eigenvalue weighted by Gasteiger charge is -2.24. The van der Waals surface area contributed by atoms with E-state index in [1.165, 1.54) is 6.07 Å². The Morgan fingerprint density at radius 3 is 2.72 bits per heavy atom. The number of carbonyl (C=O) groups excluding carboxylic acids is 1. The number of amides is 1. The summed E-state index contributed by atoms with van der Waals surface area (Å²) in [5.74, 6) is -1.44. The minimum atomic E-state index is -0.595. The zero-order valence-electron chi connectivity index (χ0n) is 13.7. The molecule has 0 radical (unpaired) electrons. The largest absolute Gasteiger partial charge is 0.507 e. The number of phenols is 1. The van der Waals surface area contributed by atoms with E-state index in [1.807, 2.05) is 30.3 Å². The molecule has 2 unspecified atom stereocenters. The van der Waals surface area contributed by atoms with E-state index in [1.54, 1.807) is 0 Å². The molecule has 0 aliphatic carbocycles. The summed E-state index contributed by atoms with van der Waals surface area (Å²) in [5.41, 5.74) is 1.18. The second kappa shape index (κ2) is 7.63. The number of nitrogens with one attached hydrogen (secondary N) is 1. The van der Waals surface area contributed by atoms with Crippen LogP contribution in [0.25, 0.3) is 0 Å². The van der Waals surface area contributed by atoms with Gasteiger partial charge < -0.3 is 15.5 Å². The van der Waals surface area contributed by atoms with Crippen molar-refractivity contribution >= 4 is 5.91 Å². The summed E-state index contributed by atoms with van der Waals surface area (Å²) in [6.07, 6.45) is 0.146. The lowest BCUT2D eigenvalue weighted by molar-refractivity contribution is 0.0937. The van der Waals surface area contributed by atoms with Crippen LogP contribution in [-0.4, -0.2) is 46.3 Å². The minimum Gasteiger partial charge on any atom is -0.507 e. The molecule has 0 aromatic heterocycles. The molecule has 0 spiro atoms. The second-order valence-electron chi connectivity index (χ2n) is 6.33. The van der Waals surface area contributed by atoms with Gasteiger partial charge in [0.1, 0.15) is 11.6 Å². The molecule has 25 heavy (non-hydrogen) atoms. The van der Waals surface area contributed by atoms with E-state index in [4.69, 9.17) is 0 Å². The first kappa shape index (κ1) is 17.4. The van der Waals surface area contributed by atoms with Crippen molar-refractivity contribution in [3.8, 4) is 5.75 Å². The molecule has 2 atom stereocenters. The average Bonchev–Trinajstić information content (AvgIpc) is 2.93. The Kier molecular flexibility index (Phi) is 5.31. The lowest BCUT2D eigenvalue weighted by atomic mass is 10.1. The van der Waals surface area contributed by atoms with Gasteiger partial charge in [0.15, 0.2) is 0 Å². The minimum absolute atomic E-state index is 0.00162. The Bertz CT molecular complexity index is 739. The van der Waals surface area contributed by atoms with Gasteiger partial charge in [-0.25, -0.2) is 4.39 Å². The van der Waals surface area contributed by atoms with Gasteiger partial charge in [-0.1, -0.05) is 30.3 Å². The van der Waals surface area contributed by atoms with Crippen molar-refractivity contribution in [1.82, 2.24) is 10.2 Å². The first-order valence-corrected chi connectivity index (χ1v) is 8.25. The lowest BCUT2D eigenvalue weighted by Crippen LogP contribution is -2.39. The Hall–Kier alpha value is -2.44. The number of halogens is 1. The fourth-order valence-corrected chi connectivity index (χ4v) is 3.18. The molecule has 1 heterocycles. The van der Waals surface area contributed by atoms with E-state index in [9.17, 15) is 19.4 Å². The Labute approximate surface area is 145 Å². The van der Waals surface area contributed by atoms with Crippen molar-refractivity contribution in [1.29, 1.82) is 0 Å². The summed E-state index contributed by atoms with van der Waals surface area (Å²) in [6.45, 7) is 1.59. The molecule has 6 heteroatoms. The molecule has 1 aliphatic rings. The highest BCUT2D eigenvalue weighted by Gasteiger charge is 2.31. The zero-order chi connectivity index (χ0) is 17.8. The van der Waals surface area contributed by atoms with Gasteiger partial charge in [0.2, 0.25) is 0 Å². The van der Waals surface area contributed by atoms with Gasteiger partial charge in [-0.15, -0.1) is 0 Å². The molecular weight excluding hydrogens is 323 g/mol. The van der Waals surface area contributed by atoms with Crippen molar-refractivity contribution in [3.63, 3.8) is 0 Å². The Morgan fingerprint density at radius 1 is 1.24 bits per heavy atom. The number of benzene rings is 2. The van der Waals surface area contributed by atoms with Crippen molar-refractivity contribution in [2.24, 2.45) is 0 Å². The third-order valence-corrected chi connectivity index (χ3v) is 4.44. The molecule has 2 aromatic carbocycles. The summed E-state index contributed by atoms with van der Waals surface area (Å²) in [5, 5.41) is 22.4. The number of aliphatic hydroxyl groups excluding tert-OH is 1. The van der Waals surface area contributed by atoms with Crippen LogP contribution in [0.3, 0.4) is 0 Å². The molecule has 5 nitrogen and oxygen atoms in total. The summed E-state index contributed by atoms with van der Waals surface area (Å²) in [7, 11) is 0. The van der Waals surface area contributed by atoms with E-state index < -0.39 is 17.8 Å². The first-order chi connectivity index (χ1) is 12.0. The number of hydrogen-bond donors (Lipinski definition) is 3. The van der Waals surface area contributed by atoms with E-state index in [0.717, 1.165) is 17.7 Å². The normalized spacial score (nSPS) is 20.6. The number of nitrogens with zero attached hydrogens (tertiary/aromatic N) is 1. The van der Waals surface area contributed by atoms with Crippen LogP contribution in [0.15, 0.2) is 48.5 Å². The Balaban J connectivity index is 1.61. The highest BCUT2D eigenvalue weighted by molar-refractivity contribution is 5.96. The van der Waals surface area contributed by atoms with Crippen molar-refractivity contribution in [2.75, 3.05) is 13.1 Å². The average molecular weight is 344 g/mol. The molecule has 132 valence electrons. The maximum Gasteiger partial charge on any atom is 0.255 e. The summed E-state index contributed by atoms with van der Waals surface area (Å²) in [6, 6.07) is 13.2. The number of aliphatic hydroxyl groups is 1. The monoisotopic (exact) mass is 344 g/mol. The molecule has 1 amide bonds. The molecule has 0 bridgehead atoms. The molecule has 1 aliphatic heterocycles. The highest BCUT2D eigenvalue weighted by atomic mass is 19.1. The molecule has 0 saturated carbocycles. The van der Waals surface area contributed by atoms with Gasteiger partial charge in [0.05, 0.1) is 11.7 Å². The fraction of sp³-hybridized carbons (Fsp3) is 0.316. The van der Waals surface area contributed by atoms with Crippen LogP contribution in [0.4, 0.5) is 4.39 Å². The third kappa shape index (κ3) is 4.35. The maximum atomic E-state index is 13.0. The maximum absolute atomic E-state index is 13.0. The number of carbonyl (C=O) groups is 1. The second-order valence-corrected chi connectivity index (χ2v) is 6.33. The van der Waals surface area contributed by atoms with Gasteiger partial charge in [-0.3, -0.25) is 9.69 Å². The van der Waals surface area contributed by atoms with Gasteiger partial charge in [-0.2, -0.15) is 0 Å². The molecular formula is C19H21FN2O3. The molecule has 2 aromatic rings. The van der Waals surface area contributed by atoms with Crippen LogP contribution in [-0.2, 0) is 6.54 Å². The predicted octanol–water partition coefficient (Wildman–Crippen LogP) is 1.90. The van der Waals surface area contributed by atoms with Crippen LogP contribution >= 0.6 is 0 Å². The molecule has 1 saturated heterocycles. The molecule has 1 fully saturated rings.